The maximum atomic E-state index is 5.98. The Hall–Kier alpha value is -1.39. The largest absolute Gasteiger partial charge is 0.368 e. The summed E-state index contributed by atoms with van der Waals surface area (Å²) in [5.41, 5.74) is 6.08. The van der Waals surface area contributed by atoms with Crippen molar-refractivity contribution in [3.8, 4) is 11.4 Å². The molecule has 4 nitrogen and oxygen atoms in total. The molecule has 0 spiro atoms. The molecule has 1 aromatic heterocycles. The zero-order chi connectivity index (χ0) is 10.8. The normalized spacial score (nSPS) is 10.3. The highest BCUT2D eigenvalue weighted by Gasteiger charge is 2.07. The van der Waals surface area contributed by atoms with Gasteiger partial charge in [-0.2, -0.15) is 4.98 Å². The molecule has 0 aliphatic carbocycles. The molecular formula is C9H6Cl2N4. The summed E-state index contributed by atoms with van der Waals surface area (Å²) < 4.78 is 0. The van der Waals surface area contributed by atoms with Crippen LogP contribution in [0.5, 0.6) is 0 Å². The van der Waals surface area contributed by atoms with Crippen molar-refractivity contribution in [1.82, 2.24) is 15.0 Å². The van der Waals surface area contributed by atoms with Crippen molar-refractivity contribution in [2.45, 2.75) is 0 Å². The van der Waals surface area contributed by atoms with Gasteiger partial charge in [0.2, 0.25) is 5.95 Å². The van der Waals surface area contributed by atoms with Gasteiger partial charge in [0.25, 0.3) is 0 Å². The maximum Gasteiger partial charge on any atom is 0.223 e. The number of hydrogen-bond donors (Lipinski definition) is 1. The zero-order valence-electron chi connectivity index (χ0n) is 7.48. The third kappa shape index (κ3) is 2.16. The van der Waals surface area contributed by atoms with E-state index in [1.165, 1.54) is 6.33 Å². The highest BCUT2D eigenvalue weighted by atomic mass is 35.5. The summed E-state index contributed by atoms with van der Waals surface area (Å²) in [6.45, 7) is 0. The summed E-state index contributed by atoms with van der Waals surface area (Å²) in [4.78, 5) is 11.6. The Labute approximate surface area is 96.1 Å². The van der Waals surface area contributed by atoms with Gasteiger partial charge in [0.1, 0.15) is 6.33 Å². The summed E-state index contributed by atoms with van der Waals surface area (Å²) in [5, 5.41) is 1.08. The fraction of sp³-hybridized carbons (Fsp3) is 0. The summed E-state index contributed by atoms with van der Waals surface area (Å²) in [6.07, 6.45) is 1.33. The number of nitrogens with zero attached hydrogens (tertiary/aromatic N) is 3. The molecule has 0 fully saturated rings. The van der Waals surface area contributed by atoms with Crippen LogP contribution in [0.25, 0.3) is 11.4 Å². The molecule has 15 heavy (non-hydrogen) atoms. The maximum absolute atomic E-state index is 5.98. The average molecular weight is 241 g/mol. The lowest BCUT2D eigenvalue weighted by Crippen LogP contribution is -1.98. The lowest BCUT2D eigenvalue weighted by atomic mass is 10.2. The van der Waals surface area contributed by atoms with Crippen molar-refractivity contribution in [2.75, 3.05) is 5.73 Å². The minimum atomic E-state index is 0.149. The van der Waals surface area contributed by atoms with E-state index < -0.39 is 0 Å². The van der Waals surface area contributed by atoms with Gasteiger partial charge < -0.3 is 5.73 Å². The van der Waals surface area contributed by atoms with Crippen molar-refractivity contribution < 1.29 is 0 Å². The lowest BCUT2D eigenvalue weighted by Gasteiger charge is -2.03. The Morgan fingerprint density at radius 1 is 1.13 bits per heavy atom. The molecular weight excluding hydrogens is 235 g/mol. The Kier molecular flexibility index (Phi) is 2.70. The van der Waals surface area contributed by atoms with Crippen LogP contribution in [0.15, 0.2) is 24.5 Å². The van der Waals surface area contributed by atoms with Crippen LogP contribution in [0.1, 0.15) is 0 Å². The first-order valence-electron chi connectivity index (χ1n) is 4.07. The minimum Gasteiger partial charge on any atom is -0.368 e. The van der Waals surface area contributed by atoms with E-state index in [0.29, 0.717) is 21.4 Å². The van der Waals surface area contributed by atoms with Crippen molar-refractivity contribution in [3.63, 3.8) is 0 Å². The van der Waals surface area contributed by atoms with Gasteiger partial charge in [0.15, 0.2) is 5.82 Å². The molecule has 0 unspecified atom stereocenters. The molecule has 2 rings (SSSR count). The van der Waals surface area contributed by atoms with E-state index in [-0.39, 0.29) is 5.95 Å². The number of anilines is 1. The van der Waals surface area contributed by atoms with E-state index >= 15 is 0 Å². The van der Waals surface area contributed by atoms with Crippen LogP contribution in [-0.4, -0.2) is 15.0 Å². The Morgan fingerprint density at radius 3 is 2.67 bits per heavy atom. The van der Waals surface area contributed by atoms with Gasteiger partial charge in [-0.25, -0.2) is 9.97 Å². The Bertz CT molecular complexity index is 501. The molecule has 0 aliphatic heterocycles. The molecule has 0 saturated heterocycles. The number of hydrogen-bond acceptors (Lipinski definition) is 4. The molecule has 1 aromatic carbocycles. The zero-order valence-corrected chi connectivity index (χ0v) is 9.00. The van der Waals surface area contributed by atoms with Crippen LogP contribution < -0.4 is 5.73 Å². The highest BCUT2D eigenvalue weighted by Crippen LogP contribution is 2.27. The van der Waals surface area contributed by atoms with Gasteiger partial charge in [0, 0.05) is 10.6 Å². The first-order chi connectivity index (χ1) is 7.16. The summed E-state index contributed by atoms with van der Waals surface area (Å²) in [6, 6.07) is 5.05. The van der Waals surface area contributed by atoms with Crippen LogP contribution in [0, 0.1) is 0 Å². The van der Waals surface area contributed by atoms with Crippen LogP contribution in [-0.2, 0) is 0 Å². The summed E-state index contributed by atoms with van der Waals surface area (Å²) in [7, 11) is 0. The van der Waals surface area contributed by atoms with E-state index in [2.05, 4.69) is 15.0 Å². The molecule has 6 heteroatoms. The summed E-state index contributed by atoms with van der Waals surface area (Å²) in [5.74, 6) is 0.561. The first-order valence-corrected chi connectivity index (χ1v) is 4.82. The molecule has 0 saturated carbocycles. The van der Waals surface area contributed by atoms with Crippen molar-refractivity contribution in [1.29, 1.82) is 0 Å². The Balaban J connectivity index is 2.58. The molecule has 0 radical (unpaired) electrons. The predicted octanol–water partition coefficient (Wildman–Crippen LogP) is 2.43. The minimum absolute atomic E-state index is 0.149. The van der Waals surface area contributed by atoms with E-state index in [4.69, 9.17) is 28.9 Å². The third-order valence-corrected chi connectivity index (χ3v) is 2.32. The fourth-order valence-corrected chi connectivity index (χ4v) is 1.48. The molecule has 0 amide bonds. The average Bonchev–Trinajstić information content (AvgIpc) is 2.22. The molecule has 0 atom stereocenters. The molecule has 0 bridgehead atoms. The number of aromatic nitrogens is 3. The number of nitrogens with two attached hydrogens (primary N) is 1. The second kappa shape index (κ2) is 4.00. The summed E-state index contributed by atoms with van der Waals surface area (Å²) >= 11 is 11.8. The van der Waals surface area contributed by atoms with E-state index in [1.807, 2.05) is 0 Å². The van der Waals surface area contributed by atoms with E-state index in [1.54, 1.807) is 18.2 Å². The van der Waals surface area contributed by atoms with Crippen LogP contribution in [0.3, 0.4) is 0 Å². The third-order valence-electron chi connectivity index (χ3n) is 1.76. The van der Waals surface area contributed by atoms with Gasteiger partial charge in [-0.3, -0.25) is 0 Å². The number of benzene rings is 1. The van der Waals surface area contributed by atoms with Gasteiger partial charge >= 0.3 is 0 Å². The molecule has 1 heterocycles. The van der Waals surface area contributed by atoms with Gasteiger partial charge in [-0.05, 0) is 18.2 Å². The van der Waals surface area contributed by atoms with Crippen molar-refractivity contribution in [2.24, 2.45) is 0 Å². The topological polar surface area (TPSA) is 64.7 Å². The highest BCUT2D eigenvalue weighted by molar-refractivity contribution is 6.35. The van der Waals surface area contributed by atoms with E-state index in [9.17, 15) is 0 Å². The number of nitrogen functional groups attached to an aromatic ring is 1. The number of rotatable bonds is 1. The number of halogens is 2. The van der Waals surface area contributed by atoms with Crippen molar-refractivity contribution in [3.05, 3.63) is 34.6 Å². The van der Waals surface area contributed by atoms with Crippen LogP contribution >= 0.6 is 23.2 Å². The Morgan fingerprint density at radius 2 is 1.93 bits per heavy atom. The lowest BCUT2D eigenvalue weighted by molar-refractivity contribution is 1.07. The van der Waals surface area contributed by atoms with Crippen molar-refractivity contribution >= 4 is 29.2 Å². The quantitative estimate of drug-likeness (QED) is 0.832. The molecule has 76 valence electrons. The monoisotopic (exact) mass is 240 g/mol. The van der Waals surface area contributed by atoms with Crippen LogP contribution in [0.2, 0.25) is 10.0 Å². The van der Waals surface area contributed by atoms with Gasteiger partial charge in [-0.1, -0.05) is 23.2 Å². The molecule has 2 N–H and O–H groups in total. The SMILES string of the molecule is Nc1ncnc(-c2cc(Cl)ccc2Cl)n1. The second-order valence-corrected chi connectivity index (χ2v) is 3.64. The predicted molar refractivity (Wildman–Crippen MR) is 59.7 cm³/mol. The van der Waals surface area contributed by atoms with E-state index in [0.717, 1.165) is 0 Å². The second-order valence-electron chi connectivity index (χ2n) is 2.79. The fourth-order valence-electron chi connectivity index (χ4n) is 1.11. The van der Waals surface area contributed by atoms with Gasteiger partial charge in [-0.15, -0.1) is 0 Å². The smallest absolute Gasteiger partial charge is 0.223 e. The first kappa shape index (κ1) is 10.1. The van der Waals surface area contributed by atoms with Gasteiger partial charge in [0.05, 0.1) is 5.02 Å². The van der Waals surface area contributed by atoms with Crippen LogP contribution in [0.4, 0.5) is 5.95 Å². The molecule has 2 aromatic rings. The molecule has 0 aliphatic rings. The standard InChI is InChI=1S/C9H6Cl2N4/c10-5-1-2-7(11)6(3-5)8-13-4-14-9(12)15-8/h1-4H,(H2,12,13,14,15).